The van der Waals surface area contributed by atoms with E-state index >= 15 is 0 Å². The molecule has 0 spiro atoms. The average Bonchev–Trinajstić information content (AvgIpc) is 3.22. The Labute approximate surface area is 189 Å². The van der Waals surface area contributed by atoms with Crippen molar-refractivity contribution in [1.82, 2.24) is 0 Å². The summed E-state index contributed by atoms with van der Waals surface area (Å²) in [5, 5.41) is 0.848. The van der Waals surface area contributed by atoms with Gasteiger partial charge in [0.15, 0.2) is 12.6 Å². The van der Waals surface area contributed by atoms with Crippen molar-refractivity contribution in [2.24, 2.45) is 0 Å². The third-order valence-corrected chi connectivity index (χ3v) is 5.25. The molecule has 7 nitrogen and oxygen atoms in total. The first-order valence-electron chi connectivity index (χ1n) is 9.75. The molecule has 0 N–H and O–H groups in total. The van der Waals surface area contributed by atoms with Crippen LogP contribution >= 0.6 is 15.9 Å². The van der Waals surface area contributed by atoms with E-state index in [-0.39, 0.29) is 31.5 Å². The van der Waals surface area contributed by atoms with Crippen LogP contribution in [0.15, 0.2) is 51.6 Å². The number of benzene rings is 2. The number of halogens is 1. The predicted octanol–water partition coefficient (Wildman–Crippen LogP) is 4.60. The second-order valence-electron chi connectivity index (χ2n) is 6.87. The van der Waals surface area contributed by atoms with Crippen LogP contribution in [0, 0.1) is 0 Å². The van der Waals surface area contributed by atoms with Gasteiger partial charge in [0.25, 0.3) is 0 Å². The Bertz CT molecular complexity index is 1080. The number of carbonyl (C=O) groups is 2. The van der Waals surface area contributed by atoms with E-state index in [0.29, 0.717) is 34.8 Å². The molecule has 0 amide bonds. The van der Waals surface area contributed by atoms with Crippen LogP contribution in [0.1, 0.15) is 22.8 Å². The molecule has 31 heavy (non-hydrogen) atoms. The van der Waals surface area contributed by atoms with Crippen LogP contribution in [0.5, 0.6) is 5.75 Å². The van der Waals surface area contributed by atoms with Gasteiger partial charge in [-0.3, -0.25) is 9.59 Å². The molecule has 0 unspecified atom stereocenters. The molecule has 0 saturated carbocycles. The van der Waals surface area contributed by atoms with Gasteiger partial charge >= 0.3 is 5.97 Å². The molecule has 3 aromatic rings. The molecule has 0 fully saturated rings. The van der Waals surface area contributed by atoms with Gasteiger partial charge < -0.3 is 23.5 Å². The molecule has 3 rings (SSSR count). The van der Waals surface area contributed by atoms with Crippen LogP contribution < -0.4 is 9.64 Å². The number of ketones is 1. The smallest absolute Gasteiger partial charge is 0.310 e. The topological polar surface area (TPSA) is 78.2 Å². The van der Waals surface area contributed by atoms with E-state index in [0.717, 1.165) is 9.86 Å². The van der Waals surface area contributed by atoms with Gasteiger partial charge in [0.1, 0.15) is 11.3 Å². The number of likely N-dealkylation sites (N-methyl/N-ethyl adjacent to an activating group) is 1. The highest BCUT2D eigenvalue weighted by atomic mass is 79.9. The summed E-state index contributed by atoms with van der Waals surface area (Å²) in [6.07, 6.45) is 1.65. The lowest BCUT2D eigenvalue weighted by Gasteiger charge is -2.23. The van der Waals surface area contributed by atoms with Crippen LogP contribution in [0.2, 0.25) is 0 Å². The number of ether oxygens (including phenoxy) is 3. The standard InChI is InChI=1S/C23H24BrNO6/c1-4-29-21(27)12-15-6-5-7-19(23(15)31-14-28-3)25(2)13-20(26)17-10-16-8-9-30-22(16)18(24)11-17/h5-11H,4,12-14H2,1-3H3. The molecular formula is C23H24BrNO6. The molecule has 8 heteroatoms. The average molecular weight is 490 g/mol. The van der Waals surface area contributed by atoms with Gasteiger partial charge in [0, 0.05) is 30.7 Å². The van der Waals surface area contributed by atoms with Crippen LogP contribution in [-0.2, 0) is 20.7 Å². The quantitative estimate of drug-likeness (QED) is 0.234. The number of Topliss-reactive ketones (excluding diaryl/α,β-unsaturated/α-hetero) is 1. The van der Waals surface area contributed by atoms with E-state index in [1.54, 1.807) is 43.3 Å². The van der Waals surface area contributed by atoms with Gasteiger partial charge in [-0.1, -0.05) is 12.1 Å². The zero-order valence-corrected chi connectivity index (χ0v) is 19.2. The maximum atomic E-state index is 13.0. The molecule has 0 radical (unpaired) electrons. The van der Waals surface area contributed by atoms with E-state index in [2.05, 4.69) is 15.9 Å². The minimum absolute atomic E-state index is 0.0126. The number of rotatable bonds is 10. The number of carbonyl (C=O) groups excluding carboxylic acids is 2. The fourth-order valence-electron chi connectivity index (χ4n) is 3.25. The predicted molar refractivity (Wildman–Crippen MR) is 121 cm³/mol. The van der Waals surface area contributed by atoms with E-state index in [1.165, 1.54) is 7.11 Å². The van der Waals surface area contributed by atoms with E-state index in [1.807, 2.05) is 18.2 Å². The Morgan fingerprint density at radius 1 is 1.19 bits per heavy atom. The summed E-state index contributed by atoms with van der Waals surface area (Å²) in [6.45, 7) is 2.19. The van der Waals surface area contributed by atoms with Crippen molar-refractivity contribution < 1.29 is 28.2 Å². The zero-order chi connectivity index (χ0) is 22.4. The number of nitrogens with zero attached hydrogens (tertiary/aromatic N) is 1. The number of para-hydroxylation sites is 1. The summed E-state index contributed by atoms with van der Waals surface area (Å²) in [5.74, 6) is 0.0675. The van der Waals surface area contributed by atoms with Gasteiger partial charge in [-0.05, 0) is 47.1 Å². The monoisotopic (exact) mass is 489 g/mol. The molecule has 1 heterocycles. The van der Waals surface area contributed by atoms with Crippen molar-refractivity contribution in [2.75, 3.05) is 39.0 Å². The summed E-state index contributed by atoms with van der Waals surface area (Å²) in [5.41, 5.74) is 2.60. The van der Waals surface area contributed by atoms with Crippen molar-refractivity contribution in [3.8, 4) is 5.75 Å². The van der Waals surface area contributed by atoms with Crippen molar-refractivity contribution in [1.29, 1.82) is 0 Å². The maximum Gasteiger partial charge on any atom is 0.310 e. The first-order chi connectivity index (χ1) is 14.9. The van der Waals surface area contributed by atoms with Crippen molar-refractivity contribution in [2.45, 2.75) is 13.3 Å². The van der Waals surface area contributed by atoms with Crippen LogP contribution in [-0.4, -0.2) is 45.9 Å². The highest BCUT2D eigenvalue weighted by Gasteiger charge is 2.19. The molecule has 0 saturated heterocycles. The number of esters is 1. The minimum Gasteiger partial charge on any atom is -0.466 e. The number of methoxy groups -OCH3 is 1. The van der Waals surface area contributed by atoms with Gasteiger partial charge in [-0.2, -0.15) is 0 Å². The van der Waals surface area contributed by atoms with Gasteiger partial charge in [-0.25, -0.2) is 0 Å². The first-order valence-corrected chi connectivity index (χ1v) is 10.5. The van der Waals surface area contributed by atoms with Crippen molar-refractivity contribution in [3.63, 3.8) is 0 Å². The van der Waals surface area contributed by atoms with Gasteiger partial charge in [0.05, 0.1) is 36.0 Å². The lowest BCUT2D eigenvalue weighted by molar-refractivity contribution is -0.142. The fraction of sp³-hybridized carbons (Fsp3) is 0.304. The largest absolute Gasteiger partial charge is 0.466 e. The third-order valence-electron chi connectivity index (χ3n) is 4.66. The molecule has 0 aliphatic rings. The number of anilines is 1. The van der Waals surface area contributed by atoms with Crippen LogP contribution in [0.4, 0.5) is 5.69 Å². The number of hydrogen-bond donors (Lipinski definition) is 0. The number of furan rings is 1. The molecule has 0 atom stereocenters. The lowest BCUT2D eigenvalue weighted by atomic mass is 10.1. The van der Waals surface area contributed by atoms with Gasteiger partial charge in [0.2, 0.25) is 0 Å². The fourth-order valence-corrected chi connectivity index (χ4v) is 3.82. The zero-order valence-electron chi connectivity index (χ0n) is 17.6. The molecule has 0 bridgehead atoms. The highest BCUT2D eigenvalue weighted by Crippen LogP contribution is 2.33. The Balaban J connectivity index is 1.85. The highest BCUT2D eigenvalue weighted by molar-refractivity contribution is 9.10. The normalized spacial score (nSPS) is 10.8. The second-order valence-corrected chi connectivity index (χ2v) is 7.73. The molecule has 1 aromatic heterocycles. The van der Waals surface area contributed by atoms with Crippen molar-refractivity contribution >= 4 is 44.3 Å². The second kappa shape index (κ2) is 10.5. The van der Waals surface area contributed by atoms with E-state index < -0.39 is 0 Å². The maximum absolute atomic E-state index is 13.0. The first kappa shape index (κ1) is 22.8. The molecule has 164 valence electrons. The lowest BCUT2D eigenvalue weighted by Crippen LogP contribution is -2.26. The Morgan fingerprint density at radius 3 is 2.74 bits per heavy atom. The Kier molecular flexibility index (Phi) is 7.70. The molecule has 0 aliphatic carbocycles. The summed E-state index contributed by atoms with van der Waals surface area (Å²) >= 11 is 3.45. The van der Waals surface area contributed by atoms with Gasteiger partial charge in [-0.15, -0.1) is 0 Å². The van der Waals surface area contributed by atoms with Crippen LogP contribution in [0.3, 0.4) is 0 Å². The summed E-state index contributed by atoms with van der Waals surface area (Å²) in [7, 11) is 3.32. The SMILES string of the molecule is CCOC(=O)Cc1cccc(N(C)CC(=O)c2cc(Br)c3occc3c2)c1OCOC. The molecule has 0 aliphatic heterocycles. The Morgan fingerprint density at radius 2 is 2.00 bits per heavy atom. The number of fused-ring (bicyclic) bond motifs is 1. The summed E-state index contributed by atoms with van der Waals surface area (Å²) in [6, 6.07) is 10.8. The molecular weight excluding hydrogens is 466 g/mol. The van der Waals surface area contributed by atoms with Crippen molar-refractivity contribution in [3.05, 3.63) is 58.3 Å². The third kappa shape index (κ3) is 5.45. The Hall–Kier alpha value is -2.84. The van der Waals surface area contributed by atoms with E-state index in [4.69, 9.17) is 18.6 Å². The minimum atomic E-state index is -0.348. The summed E-state index contributed by atoms with van der Waals surface area (Å²) in [4.78, 5) is 26.8. The summed E-state index contributed by atoms with van der Waals surface area (Å²) < 4.78 is 22.0. The van der Waals surface area contributed by atoms with Crippen LogP contribution in [0.25, 0.3) is 11.0 Å². The van der Waals surface area contributed by atoms with E-state index in [9.17, 15) is 9.59 Å². The molecule has 2 aromatic carbocycles. The number of hydrogen-bond acceptors (Lipinski definition) is 7.